The highest BCUT2D eigenvalue weighted by molar-refractivity contribution is 5.67. The van der Waals surface area contributed by atoms with Crippen LogP contribution in [-0.2, 0) is 11.2 Å². The number of aryl methyl sites for hydroxylation is 1. The van der Waals surface area contributed by atoms with Crippen molar-refractivity contribution in [2.24, 2.45) is 0 Å². The minimum atomic E-state index is -0.763. The van der Waals surface area contributed by atoms with Gasteiger partial charge in [0.05, 0.1) is 6.42 Å². The first-order valence-corrected chi connectivity index (χ1v) is 5.06. The van der Waals surface area contributed by atoms with Crippen LogP contribution >= 0.6 is 0 Å². The minimum absolute atomic E-state index is 0.00482. The molecule has 15 heavy (non-hydrogen) atoms. The zero-order chi connectivity index (χ0) is 11.3. The molecule has 1 aromatic carbocycles. The molecule has 0 aliphatic rings. The molecule has 0 fully saturated rings. The number of carboxylic acid groups (broad SMARTS) is 1. The van der Waals surface area contributed by atoms with E-state index < -0.39 is 5.97 Å². The predicted octanol–water partition coefficient (Wildman–Crippen LogP) is 1.60. The van der Waals surface area contributed by atoms with Crippen molar-refractivity contribution in [1.82, 2.24) is 5.32 Å². The largest absolute Gasteiger partial charge is 0.481 e. The first-order chi connectivity index (χ1) is 7.11. The maximum Gasteiger partial charge on any atom is 0.304 e. The zero-order valence-corrected chi connectivity index (χ0v) is 9.16. The Morgan fingerprint density at radius 1 is 1.40 bits per heavy atom. The average Bonchev–Trinajstić information content (AvgIpc) is 2.19. The Bertz CT molecular complexity index is 319. The van der Waals surface area contributed by atoms with Crippen LogP contribution in [0.3, 0.4) is 0 Å². The number of benzene rings is 1. The van der Waals surface area contributed by atoms with Gasteiger partial charge in [-0.05, 0) is 26.0 Å². The van der Waals surface area contributed by atoms with Gasteiger partial charge in [-0.15, -0.1) is 0 Å². The Balaban J connectivity index is 2.58. The van der Waals surface area contributed by atoms with Gasteiger partial charge in [-0.1, -0.05) is 29.8 Å². The Morgan fingerprint density at radius 2 is 2.00 bits per heavy atom. The number of carbonyl (C=O) groups is 1. The first-order valence-electron chi connectivity index (χ1n) is 5.06. The molecule has 1 aromatic rings. The minimum Gasteiger partial charge on any atom is -0.481 e. The summed E-state index contributed by atoms with van der Waals surface area (Å²) in [5.41, 5.74) is 2.39. The quantitative estimate of drug-likeness (QED) is 0.771. The van der Waals surface area contributed by atoms with Crippen molar-refractivity contribution in [3.05, 3.63) is 35.4 Å². The van der Waals surface area contributed by atoms with Gasteiger partial charge in [-0.2, -0.15) is 0 Å². The summed E-state index contributed by atoms with van der Waals surface area (Å²) in [5.74, 6) is -0.763. The van der Waals surface area contributed by atoms with Crippen LogP contribution in [0.1, 0.15) is 17.5 Å². The smallest absolute Gasteiger partial charge is 0.304 e. The highest BCUT2D eigenvalue weighted by atomic mass is 16.4. The summed E-state index contributed by atoms with van der Waals surface area (Å²) in [5, 5.41) is 11.7. The van der Waals surface area contributed by atoms with Crippen LogP contribution in [0.2, 0.25) is 0 Å². The molecule has 0 heterocycles. The summed E-state index contributed by atoms with van der Waals surface area (Å²) < 4.78 is 0. The number of rotatable bonds is 5. The average molecular weight is 207 g/mol. The van der Waals surface area contributed by atoms with E-state index in [1.807, 2.05) is 31.2 Å². The van der Waals surface area contributed by atoms with Gasteiger partial charge in [0.1, 0.15) is 0 Å². The summed E-state index contributed by atoms with van der Waals surface area (Å²) in [6, 6.07) is 8.18. The lowest BCUT2D eigenvalue weighted by molar-refractivity contribution is -0.137. The van der Waals surface area contributed by atoms with Crippen molar-refractivity contribution < 1.29 is 9.90 Å². The normalized spacial score (nSPS) is 12.4. The van der Waals surface area contributed by atoms with E-state index in [1.54, 1.807) is 7.05 Å². The topological polar surface area (TPSA) is 49.3 Å². The fraction of sp³-hybridized carbons (Fsp3) is 0.417. The molecule has 1 unspecified atom stereocenters. The second-order valence-electron chi connectivity index (χ2n) is 3.77. The van der Waals surface area contributed by atoms with Gasteiger partial charge in [-0.3, -0.25) is 4.79 Å². The molecule has 0 bridgehead atoms. The van der Waals surface area contributed by atoms with Crippen molar-refractivity contribution >= 4 is 5.97 Å². The molecule has 0 saturated carbocycles. The molecule has 0 aliphatic heterocycles. The van der Waals surface area contributed by atoms with Crippen LogP contribution in [0.4, 0.5) is 0 Å². The summed E-state index contributed by atoms with van der Waals surface area (Å²) in [6.45, 7) is 2.04. The van der Waals surface area contributed by atoms with Crippen LogP contribution in [-0.4, -0.2) is 24.2 Å². The van der Waals surface area contributed by atoms with Crippen molar-refractivity contribution in [2.75, 3.05) is 7.05 Å². The Kier molecular flexibility index (Phi) is 4.31. The molecule has 0 saturated heterocycles. The van der Waals surface area contributed by atoms with Gasteiger partial charge in [0, 0.05) is 6.04 Å². The van der Waals surface area contributed by atoms with E-state index in [0.29, 0.717) is 0 Å². The summed E-state index contributed by atoms with van der Waals surface area (Å²) >= 11 is 0. The third-order valence-electron chi connectivity index (χ3n) is 2.43. The lowest BCUT2D eigenvalue weighted by atomic mass is 10.0. The van der Waals surface area contributed by atoms with Crippen molar-refractivity contribution in [3.8, 4) is 0 Å². The van der Waals surface area contributed by atoms with Crippen LogP contribution < -0.4 is 5.32 Å². The summed E-state index contributed by atoms with van der Waals surface area (Å²) in [4.78, 5) is 10.6. The van der Waals surface area contributed by atoms with Gasteiger partial charge < -0.3 is 10.4 Å². The predicted molar refractivity (Wildman–Crippen MR) is 60.0 cm³/mol. The zero-order valence-electron chi connectivity index (χ0n) is 9.16. The second-order valence-corrected chi connectivity index (χ2v) is 3.77. The lowest BCUT2D eigenvalue weighted by Crippen LogP contribution is -2.30. The summed E-state index contributed by atoms with van der Waals surface area (Å²) in [6.07, 6.45) is 0.910. The third-order valence-corrected chi connectivity index (χ3v) is 2.43. The molecule has 1 atom stereocenters. The van der Waals surface area contributed by atoms with Gasteiger partial charge in [0.25, 0.3) is 0 Å². The summed E-state index contributed by atoms with van der Waals surface area (Å²) in [7, 11) is 1.79. The fourth-order valence-electron chi connectivity index (χ4n) is 1.50. The maximum absolute atomic E-state index is 10.6. The monoisotopic (exact) mass is 207 g/mol. The molecule has 0 aliphatic carbocycles. The van der Waals surface area contributed by atoms with Crippen molar-refractivity contribution in [3.63, 3.8) is 0 Å². The van der Waals surface area contributed by atoms with E-state index in [-0.39, 0.29) is 12.5 Å². The van der Waals surface area contributed by atoms with Crippen molar-refractivity contribution in [2.45, 2.75) is 25.8 Å². The number of hydrogen-bond acceptors (Lipinski definition) is 2. The van der Waals surface area contributed by atoms with Gasteiger partial charge in [0.15, 0.2) is 0 Å². The number of carboxylic acids is 1. The van der Waals surface area contributed by atoms with Crippen LogP contribution in [0.15, 0.2) is 24.3 Å². The van der Waals surface area contributed by atoms with Crippen molar-refractivity contribution in [1.29, 1.82) is 0 Å². The van der Waals surface area contributed by atoms with E-state index in [1.165, 1.54) is 11.1 Å². The molecule has 0 aromatic heterocycles. The van der Waals surface area contributed by atoms with E-state index >= 15 is 0 Å². The molecular weight excluding hydrogens is 190 g/mol. The van der Waals surface area contributed by atoms with Crippen LogP contribution in [0, 0.1) is 6.92 Å². The van der Waals surface area contributed by atoms with Gasteiger partial charge in [0.2, 0.25) is 0 Å². The standard InChI is InChI=1S/C12H17NO2/c1-9-3-5-10(6-4-9)7-11(13-2)8-12(14)15/h3-6,11,13H,7-8H2,1-2H3,(H,14,15). The van der Waals surface area contributed by atoms with E-state index in [9.17, 15) is 4.79 Å². The Hall–Kier alpha value is -1.35. The molecule has 0 radical (unpaired) electrons. The maximum atomic E-state index is 10.6. The van der Waals surface area contributed by atoms with Crippen LogP contribution in [0.25, 0.3) is 0 Å². The molecule has 82 valence electrons. The fourth-order valence-corrected chi connectivity index (χ4v) is 1.50. The van der Waals surface area contributed by atoms with Gasteiger partial charge in [-0.25, -0.2) is 0 Å². The third kappa shape index (κ3) is 4.13. The molecule has 2 N–H and O–H groups in total. The van der Waals surface area contributed by atoms with Gasteiger partial charge >= 0.3 is 5.97 Å². The Labute approximate surface area is 90.1 Å². The SMILES string of the molecule is CNC(CC(=O)O)Cc1ccc(C)cc1. The van der Waals surface area contributed by atoms with Crippen LogP contribution in [0.5, 0.6) is 0 Å². The molecule has 3 nitrogen and oxygen atoms in total. The highest BCUT2D eigenvalue weighted by Gasteiger charge is 2.11. The molecule has 3 heteroatoms. The molecule has 1 rings (SSSR count). The van der Waals surface area contributed by atoms with E-state index in [2.05, 4.69) is 5.32 Å². The molecule has 0 amide bonds. The van der Waals surface area contributed by atoms with E-state index in [4.69, 9.17) is 5.11 Å². The first kappa shape index (κ1) is 11.7. The number of hydrogen-bond donors (Lipinski definition) is 2. The van der Waals surface area contributed by atoms with E-state index in [0.717, 1.165) is 6.42 Å². The lowest BCUT2D eigenvalue weighted by Gasteiger charge is -2.13. The Morgan fingerprint density at radius 3 is 2.47 bits per heavy atom. The highest BCUT2D eigenvalue weighted by Crippen LogP contribution is 2.07. The molecule has 0 spiro atoms. The number of aliphatic carboxylic acids is 1. The second kappa shape index (κ2) is 5.51. The number of nitrogens with one attached hydrogen (secondary N) is 1. The number of likely N-dealkylation sites (N-methyl/N-ethyl adjacent to an activating group) is 1. The molecular formula is C12H17NO2.